The van der Waals surface area contributed by atoms with Gasteiger partial charge in [0.05, 0.1) is 5.69 Å². The smallest absolute Gasteiger partial charge is 0.299 e. The topological polar surface area (TPSA) is 44.1 Å². The molecule has 0 bridgehead atoms. The van der Waals surface area contributed by atoms with E-state index in [1.165, 1.54) is 4.68 Å². The Morgan fingerprint density at radius 1 is 1.75 bits per heavy atom. The third kappa shape index (κ3) is 1.43. The van der Waals surface area contributed by atoms with Crippen LogP contribution in [-0.2, 0) is 18.3 Å². The Balaban J connectivity index is 3.09. The van der Waals surface area contributed by atoms with Crippen molar-refractivity contribution in [3.05, 3.63) is 10.7 Å². The number of nitrogens with zero attached hydrogens (tertiary/aromatic N) is 2. The number of aryl methyl sites for hydroxylation is 2. The first-order valence-corrected chi connectivity index (χ1v) is 3.90. The van der Waals surface area contributed by atoms with Crippen LogP contribution in [0.1, 0.15) is 12.6 Å². The van der Waals surface area contributed by atoms with Gasteiger partial charge in [0.1, 0.15) is 5.02 Å². The minimum Gasteiger partial charge on any atom is -0.408 e. The summed E-state index contributed by atoms with van der Waals surface area (Å²) in [5.74, 6) is 0.295. The first-order chi connectivity index (χ1) is 5.70. The van der Waals surface area contributed by atoms with Crippen molar-refractivity contribution in [2.24, 2.45) is 7.05 Å². The molecule has 1 rings (SSSR count). The van der Waals surface area contributed by atoms with Crippen LogP contribution in [0.2, 0.25) is 5.02 Å². The van der Waals surface area contributed by atoms with Crippen molar-refractivity contribution in [2.45, 2.75) is 13.3 Å². The maximum absolute atomic E-state index is 10.1. The lowest BCUT2D eigenvalue weighted by atomic mass is 10.3. The zero-order chi connectivity index (χ0) is 9.14. The van der Waals surface area contributed by atoms with Crippen LogP contribution in [0, 0.1) is 0 Å². The van der Waals surface area contributed by atoms with Crippen molar-refractivity contribution in [3.63, 3.8) is 0 Å². The molecule has 0 aliphatic heterocycles. The van der Waals surface area contributed by atoms with E-state index < -0.39 is 0 Å². The van der Waals surface area contributed by atoms with Gasteiger partial charge < -0.3 is 4.74 Å². The Labute approximate surface area is 75.1 Å². The van der Waals surface area contributed by atoms with Crippen molar-refractivity contribution in [1.82, 2.24) is 9.78 Å². The Morgan fingerprint density at radius 3 is 2.83 bits per heavy atom. The largest absolute Gasteiger partial charge is 0.408 e. The lowest BCUT2D eigenvalue weighted by Gasteiger charge is -1.96. The van der Waals surface area contributed by atoms with Gasteiger partial charge in [-0.2, -0.15) is 5.10 Å². The summed E-state index contributed by atoms with van der Waals surface area (Å²) in [6, 6.07) is 0. The molecule has 0 saturated carbocycles. The Morgan fingerprint density at radius 2 is 2.42 bits per heavy atom. The summed E-state index contributed by atoms with van der Waals surface area (Å²) in [5.41, 5.74) is 0.732. The second-order valence-corrected chi connectivity index (χ2v) is 2.64. The van der Waals surface area contributed by atoms with E-state index in [0.717, 1.165) is 12.1 Å². The van der Waals surface area contributed by atoms with Gasteiger partial charge >= 0.3 is 0 Å². The monoisotopic (exact) mass is 188 g/mol. The number of rotatable bonds is 3. The van der Waals surface area contributed by atoms with Crippen molar-refractivity contribution in [2.75, 3.05) is 0 Å². The normalized spacial score (nSPS) is 9.92. The molecule has 0 spiro atoms. The summed E-state index contributed by atoms with van der Waals surface area (Å²) < 4.78 is 6.08. The van der Waals surface area contributed by atoms with Crippen LogP contribution in [0.25, 0.3) is 0 Å². The predicted molar refractivity (Wildman–Crippen MR) is 44.3 cm³/mol. The molecule has 1 aromatic rings. The fourth-order valence-corrected chi connectivity index (χ4v) is 1.27. The van der Waals surface area contributed by atoms with E-state index in [0.29, 0.717) is 17.4 Å². The Bertz CT molecular complexity index is 296. The molecule has 0 fully saturated rings. The SMILES string of the molecule is CCc1nn(C)c(OC=O)c1Cl. The summed E-state index contributed by atoms with van der Waals surface area (Å²) in [6.07, 6.45) is 0.717. The predicted octanol–water partition coefficient (Wildman–Crippen LogP) is 1.17. The number of carbonyl (C=O) groups is 1. The molecule has 66 valence electrons. The van der Waals surface area contributed by atoms with Crippen molar-refractivity contribution < 1.29 is 9.53 Å². The molecule has 0 atom stereocenters. The third-order valence-electron chi connectivity index (χ3n) is 1.50. The molecule has 0 saturated heterocycles. The number of carbonyl (C=O) groups excluding carboxylic acids is 1. The van der Waals surface area contributed by atoms with E-state index in [-0.39, 0.29) is 0 Å². The van der Waals surface area contributed by atoms with Gasteiger partial charge in [0.15, 0.2) is 0 Å². The number of hydrogen-bond acceptors (Lipinski definition) is 3. The first-order valence-electron chi connectivity index (χ1n) is 3.52. The molecule has 5 heteroatoms. The molecule has 0 radical (unpaired) electrons. The quantitative estimate of drug-likeness (QED) is 0.669. The first kappa shape index (κ1) is 9.06. The molecule has 0 N–H and O–H groups in total. The maximum Gasteiger partial charge on any atom is 0.299 e. The molecule has 0 aromatic carbocycles. The van der Waals surface area contributed by atoms with E-state index in [9.17, 15) is 4.79 Å². The highest BCUT2D eigenvalue weighted by Crippen LogP contribution is 2.27. The van der Waals surface area contributed by atoms with E-state index in [1.54, 1.807) is 7.05 Å². The van der Waals surface area contributed by atoms with Gasteiger partial charge in [-0.15, -0.1) is 0 Å². The maximum atomic E-state index is 10.1. The van der Waals surface area contributed by atoms with E-state index in [4.69, 9.17) is 11.6 Å². The molecule has 1 heterocycles. The third-order valence-corrected chi connectivity index (χ3v) is 1.88. The fraction of sp³-hybridized carbons (Fsp3) is 0.429. The zero-order valence-electron chi connectivity index (χ0n) is 6.87. The van der Waals surface area contributed by atoms with Gasteiger partial charge in [-0.05, 0) is 6.42 Å². The van der Waals surface area contributed by atoms with E-state index in [2.05, 4.69) is 9.84 Å². The molecule has 0 unspecified atom stereocenters. The average molecular weight is 189 g/mol. The van der Waals surface area contributed by atoms with Crippen LogP contribution >= 0.6 is 11.6 Å². The minimum absolute atomic E-state index is 0.295. The van der Waals surface area contributed by atoms with Gasteiger partial charge in [0.25, 0.3) is 6.47 Å². The number of halogens is 1. The number of ether oxygens (including phenoxy) is 1. The van der Waals surface area contributed by atoms with Crippen LogP contribution < -0.4 is 4.74 Å². The Kier molecular flexibility index (Phi) is 2.70. The molecule has 0 aliphatic rings. The van der Waals surface area contributed by atoms with Gasteiger partial charge in [-0.3, -0.25) is 4.79 Å². The second kappa shape index (κ2) is 3.58. The second-order valence-electron chi connectivity index (χ2n) is 2.26. The minimum atomic E-state index is 0.295. The van der Waals surface area contributed by atoms with Crippen LogP contribution in [0.4, 0.5) is 0 Å². The van der Waals surface area contributed by atoms with Crippen LogP contribution in [-0.4, -0.2) is 16.3 Å². The fourth-order valence-electron chi connectivity index (χ4n) is 0.935. The molecule has 1 aromatic heterocycles. The summed E-state index contributed by atoms with van der Waals surface area (Å²) >= 11 is 5.84. The highest BCUT2D eigenvalue weighted by atomic mass is 35.5. The van der Waals surface area contributed by atoms with E-state index in [1.807, 2.05) is 6.92 Å². The molecule has 4 nitrogen and oxygen atoms in total. The number of hydrogen-bond donors (Lipinski definition) is 0. The molecule has 0 aliphatic carbocycles. The summed E-state index contributed by atoms with van der Waals surface area (Å²) in [6.45, 7) is 2.27. The Hall–Kier alpha value is -1.03. The van der Waals surface area contributed by atoms with Gasteiger partial charge in [-0.1, -0.05) is 18.5 Å². The summed E-state index contributed by atoms with van der Waals surface area (Å²) in [7, 11) is 1.67. The zero-order valence-corrected chi connectivity index (χ0v) is 7.63. The lowest BCUT2D eigenvalue weighted by Crippen LogP contribution is -1.97. The van der Waals surface area contributed by atoms with Gasteiger partial charge in [0.2, 0.25) is 5.88 Å². The van der Waals surface area contributed by atoms with Crippen molar-refractivity contribution >= 4 is 18.1 Å². The van der Waals surface area contributed by atoms with Crippen molar-refractivity contribution in [3.8, 4) is 5.88 Å². The lowest BCUT2D eigenvalue weighted by molar-refractivity contribution is -0.121. The molecule has 12 heavy (non-hydrogen) atoms. The van der Waals surface area contributed by atoms with Crippen molar-refractivity contribution in [1.29, 1.82) is 0 Å². The van der Waals surface area contributed by atoms with Crippen LogP contribution in [0.3, 0.4) is 0 Å². The summed E-state index contributed by atoms with van der Waals surface area (Å²) in [5, 5.41) is 4.46. The van der Waals surface area contributed by atoms with Crippen LogP contribution in [0.5, 0.6) is 5.88 Å². The molecular formula is C7H9ClN2O2. The molecular weight excluding hydrogens is 180 g/mol. The number of aromatic nitrogens is 2. The average Bonchev–Trinajstić information content (AvgIpc) is 2.32. The standard InChI is InChI=1S/C7H9ClN2O2/c1-3-5-6(8)7(12-4-11)10(2)9-5/h4H,3H2,1-2H3. The highest BCUT2D eigenvalue weighted by Gasteiger charge is 2.13. The van der Waals surface area contributed by atoms with Crippen LogP contribution in [0.15, 0.2) is 0 Å². The molecule has 0 amide bonds. The van der Waals surface area contributed by atoms with Gasteiger partial charge in [0, 0.05) is 7.05 Å². The summed E-state index contributed by atoms with van der Waals surface area (Å²) in [4.78, 5) is 10.1. The van der Waals surface area contributed by atoms with Gasteiger partial charge in [-0.25, -0.2) is 4.68 Å². The highest BCUT2D eigenvalue weighted by molar-refractivity contribution is 6.32. The van der Waals surface area contributed by atoms with E-state index >= 15 is 0 Å².